The predicted molar refractivity (Wildman–Crippen MR) is 99.1 cm³/mol. The summed E-state index contributed by atoms with van der Waals surface area (Å²) >= 11 is 0. The molecule has 3 aromatic rings. The molecule has 2 aromatic heterocycles. The smallest absolute Gasteiger partial charge is 0.256 e. The number of carbonyl (C=O) groups is 1. The zero-order valence-corrected chi connectivity index (χ0v) is 15.0. The van der Waals surface area contributed by atoms with Gasteiger partial charge in [-0.3, -0.25) is 4.79 Å². The Balaban J connectivity index is 1.56. The van der Waals surface area contributed by atoms with Crippen molar-refractivity contribution in [3.63, 3.8) is 0 Å². The molecule has 6 heteroatoms. The van der Waals surface area contributed by atoms with Gasteiger partial charge in [0.2, 0.25) is 5.88 Å². The average Bonchev–Trinajstić information content (AvgIpc) is 3.27. The summed E-state index contributed by atoms with van der Waals surface area (Å²) in [7, 11) is 0. The van der Waals surface area contributed by atoms with Gasteiger partial charge in [0.05, 0.1) is 28.7 Å². The second kappa shape index (κ2) is 6.78. The van der Waals surface area contributed by atoms with Crippen molar-refractivity contribution < 1.29 is 9.53 Å². The summed E-state index contributed by atoms with van der Waals surface area (Å²) in [6.45, 7) is 4.62. The molecule has 4 rings (SSSR count). The number of benzene rings is 1. The first-order chi connectivity index (χ1) is 12.6. The number of para-hydroxylation sites is 2. The maximum absolute atomic E-state index is 13.0. The Morgan fingerprint density at radius 2 is 2.12 bits per heavy atom. The van der Waals surface area contributed by atoms with Crippen molar-refractivity contribution in [1.29, 1.82) is 0 Å². The lowest BCUT2D eigenvalue weighted by molar-refractivity contribution is 0.0730. The molecular weight excluding hydrogens is 328 g/mol. The number of imidazole rings is 1. The summed E-state index contributed by atoms with van der Waals surface area (Å²) in [4.78, 5) is 27.2. The van der Waals surface area contributed by atoms with Crippen LogP contribution in [0.4, 0.5) is 0 Å². The molecule has 0 aliphatic carbocycles. The number of aromatic nitrogens is 3. The van der Waals surface area contributed by atoms with Gasteiger partial charge in [0.1, 0.15) is 5.82 Å². The number of aromatic amines is 1. The van der Waals surface area contributed by atoms with Crippen molar-refractivity contribution in [2.45, 2.75) is 38.8 Å². The number of H-pyrrole nitrogens is 1. The fraction of sp³-hybridized carbons (Fsp3) is 0.350. The fourth-order valence-corrected chi connectivity index (χ4v) is 3.41. The van der Waals surface area contributed by atoms with E-state index in [9.17, 15) is 4.79 Å². The molecule has 1 aromatic carbocycles. The summed E-state index contributed by atoms with van der Waals surface area (Å²) in [5.74, 6) is 1.37. The minimum absolute atomic E-state index is 0.0171. The first kappa shape index (κ1) is 16.6. The molecule has 0 spiro atoms. The van der Waals surface area contributed by atoms with Crippen LogP contribution in [0.25, 0.3) is 11.0 Å². The van der Waals surface area contributed by atoms with Gasteiger partial charge in [-0.1, -0.05) is 12.1 Å². The number of pyridine rings is 1. The van der Waals surface area contributed by atoms with Crippen LogP contribution in [0.3, 0.4) is 0 Å². The van der Waals surface area contributed by atoms with Crippen LogP contribution in [0.2, 0.25) is 0 Å². The average molecular weight is 350 g/mol. The van der Waals surface area contributed by atoms with Crippen LogP contribution in [0.1, 0.15) is 48.9 Å². The molecular formula is C20H22N4O2. The third-order valence-electron chi connectivity index (χ3n) is 4.58. The molecule has 6 nitrogen and oxygen atoms in total. The zero-order chi connectivity index (χ0) is 18.1. The molecule has 134 valence electrons. The highest BCUT2D eigenvalue weighted by Crippen LogP contribution is 2.32. The summed E-state index contributed by atoms with van der Waals surface area (Å²) < 4.78 is 5.55. The maximum atomic E-state index is 13.0. The number of amides is 1. The van der Waals surface area contributed by atoms with E-state index in [-0.39, 0.29) is 18.1 Å². The SMILES string of the molecule is CC(C)Oc1ccc(C(=O)N2CCCC2c2nc3ccccc3[nH]2)cn1. The van der Waals surface area contributed by atoms with Crippen molar-refractivity contribution in [3.8, 4) is 5.88 Å². The lowest BCUT2D eigenvalue weighted by Gasteiger charge is -2.23. The van der Waals surface area contributed by atoms with Gasteiger partial charge in [-0.15, -0.1) is 0 Å². The van der Waals surface area contributed by atoms with Crippen LogP contribution >= 0.6 is 0 Å². The van der Waals surface area contributed by atoms with E-state index in [0.29, 0.717) is 11.4 Å². The van der Waals surface area contributed by atoms with E-state index in [0.717, 1.165) is 36.2 Å². The molecule has 0 radical (unpaired) electrons. The van der Waals surface area contributed by atoms with Crippen LogP contribution in [0, 0.1) is 0 Å². The van der Waals surface area contributed by atoms with Crippen molar-refractivity contribution in [3.05, 3.63) is 54.0 Å². The number of nitrogens with zero attached hydrogens (tertiary/aromatic N) is 3. The molecule has 1 unspecified atom stereocenters. The largest absolute Gasteiger partial charge is 0.475 e. The lowest BCUT2D eigenvalue weighted by atomic mass is 10.2. The standard InChI is InChI=1S/C20H22N4O2/c1-13(2)26-18-10-9-14(12-21-18)20(25)24-11-5-8-17(24)19-22-15-6-3-4-7-16(15)23-19/h3-4,6-7,9-10,12-13,17H,5,8,11H2,1-2H3,(H,22,23). The van der Waals surface area contributed by atoms with Crippen molar-refractivity contribution in [2.75, 3.05) is 6.54 Å². The second-order valence-corrected chi connectivity index (χ2v) is 6.85. The van der Waals surface area contributed by atoms with E-state index in [1.807, 2.05) is 43.0 Å². The molecule has 0 bridgehead atoms. The topological polar surface area (TPSA) is 71.1 Å². The van der Waals surface area contributed by atoms with Crippen LogP contribution < -0.4 is 4.74 Å². The van der Waals surface area contributed by atoms with E-state index in [1.54, 1.807) is 18.3 Å². The molecule has 1 saturated heterocycles. The Labute approximate surface area is 152 Å². The number of fused-ring (bicyclic) bond motifs is 1. The van der Waals surface area contributed by atoms with Gasteiger partial charge in [-0.05, 0) is 44.9 Å². The Kier molecular flexibility index (Phi) is 4.32. The number of nitrogens with one attached hydrogen (secondary N) is 1. The normalized spacial score (nSPS) is 17.2. The van der Waals surface area contributed by atoms with Gasteiger partial charge in [0.25, 0.3) is 5.91 Å². The summed E-state index contributed by atoms with van der Waals surface area (Å²) in [6, 6.07) is 11.4. The summed E-state index contributed by atoms with van der Waals surface area (Å²) in [6.07, 6.45) is 3.52. The molecule has 1 atom stereocenters. The number of carbonyl (C=O) groups excluding carboxylic acids is 1. The van der Waals surface area contributed by atoms with Crippen LogP contribution in [0.15, 0.2) is 42.6 Å². The Hall–Kier alpha value is -2.89. The highest BCUT2D eigenvalue weighted by atomic mass is 16.5. The fourth-order valence-electron chi connectivity index (χ4n) is 3.41. The minimum Gasteiger partial charge on any atom is -0.475 e. The maximum Gasteiger partial charge on any atom is 0.256 e. The molecule has 0 saturated carbocycles. The van der Waals surface area contributed by atoms with Crippen LogP contribution in [-0.4, -0.2) is 38.4 Å². The summed E-state index contributed by atoms with van der Waals surface area (Å²) in [5.41, 5.74) is 2.50. The van der Waals surface area contributed by atoms with Gasteiger partial charge >= 0.3 is 0 Å². The van der Waals surface area contributed by atoms with Crippen molar-refractivity contribution in [1.82, 2.24) is 19.9 Å². The van der Waals surface area contributed by atoms with Crippen molar-refractivity contribution >= 4 is 16.9 Å². The number of likely N-dealkylation sites (tertiary alicyclic amines) is 1. The lowest BCUT2D eigenvalue weighted by Crippen LogP contribution is -2.31. The van der Waals surface area contributed by atoms with E-state index in [1.165, 1.54) is 0 Å². The third-order valence-corrected chi connectivity index (χ3v) is 4.58. The number of rotatable bonds is 4. The molecule has 1 aliphatic heterocycles. The molecule has 1 N–H and O–H groups in total. The zero-order valence-electron chi connectivity index (χ0n) is 15.0. The van der Waals surface area contributed by atoms with Crippen molar-refractivity contribution in [2.24, 2.45) is 0 Å². The second-order valence-electron chi connectivity index (χ2n) is 6.85. The van der Waals surface area contributed by atoms with Crippen LogP contribution in [-0.2, 0) is 0 Å². The minimum atomic E-state index is -0.0264. The number of hydrogen-bond acceptors (Lipinski definition) is 4. The van der Waals surface area contributed by atoms with Crippen LogP contribution in [0.5, 0.6) is 5.88 Å². The van der Waals surface area contributed by atoms with E-state index in [2.05, 4.69) is 15.0 Å². The van der Waals surface area contributed by atoms with Gasteiger partial charge in [-0.2, -0.15) is 0 Å². The number of hydrogen-bond donors (Lipinski definition) is 1. The number of ether oxygens (including phenoxy) is 1. The highest BCUT2D eigenvalue weighted by Gasteiger charge is 2.32. The van der Waals surface area contributed by atoms with Gasteiger partial charge in [-0.25, -0.2) is 9.97 Å². The van der Waals surface area contributed by atoms with Gasteiger partial charge in [0.15, 0.2) is 0 Å². The van der Waals surface area contributed by atoms with E-state index in [4.69, 9.17) is 4.74 Å². The quantitative estimate of drug-likeness (QED) is 0.778. The molecule has 1 fully saturated rings. The molecule has 1 amide bonds. The monoisotopic (exact) mass is 350 g/mol. The highest BCUT2D eigenvalue weighted by molar-refractivity contribution is 5.94. The Morgan fingerprint density at radius 3 is 2.85 bits per heavy atom. The van der Waals surface area contributed by atoms with Gasteiger partial charge < -0.3 is 14.6 Å². The molecule has 1 aliphatic rings. The Bertz CT molecular complexity index is 884. The first-order valence-corrected chi connectivity index (χ1v) is 9.00. The van der Waals surface area contributed by atoms with Gasteiger partial charge in [0, 0.05) is 18.8 Å². The first-order valence-electron chi connectivity index (χ1n) is 9.00. The summed E-state index contributed by atoms with van der Waals surface area (Å²) in [5, 5.41) is 0. The molecule has 26 heavy (non-hydrogen) atoms. The Morgan fingerprint density at radius 1 is 1.27 bits per heavy atom. The predicted octanol–water partition coefficient (Wildman–Crippen LogP) is 3.72. The third kappa shape index (κ3) is 3.14. The van der Waals surface area contributed by atoms with E-state index >= 15 is 0 Å². The van der Waals surface area contributed by atoms with E-state index < -0.39 is 0 Å². The molecule has 3 heterocycles.